The van der Waals surface area contributed by atoms with Crippen molar-refractivity contribution in [3.63, 3.8) is 0 Å². The monoisotopic (exact) mass is 222 g/mol. The minimum atomic E-state index is -2.83. The summed E-state index contributed by atoms with van der Waals surface area (Å²) in [5, 5.41) is 7.04. The third-order valence-electron chi connectivity index (χ3n) is 1.39. The quantitative estimate of drug-likeness (QED) is 0.607. The molecule has 0 amide bonds. The van der Waals surface area contributed by atoms with Crippen LogP contribution in [0.15, 0.2) is 24.3 Å². The number of nitrogens with one attached hydrogen (secondary N) is 1. The lowest BCUT2D eigenvalue weighted by molar-refractivity contribution is -0.0498. The highest BCUT2D eigenvalue weighted by Gasteiger charge is 2.03. The van der Waals surface area contributed by atoms with Crippen molar-refractivity contribution in [3.8, 4) is 5.75 Å². The Morgan fingerprint density at radius 1 is 1.29 bits per heavy atom. The summed E-state index contributed by atoms with van der Waals surface area (Å²) in [7, 11) is 0. The molecule has 3 nitrogen and oxygen atoms in total. The topological polar surface area (TPSA) is 59.1 Å². The van der Waals surface area contributed by atoms with E-state index < -0.39 is 6.61 Å². The van der Waals surface area contributed by atoms with Gasteiger partial charge in [0.05, 0.1) is 0 Å². The molecule has 0 aromatic heterocycles. The largest absolute Gasteiger partial charge is 0.435 e. The number of nitrogen functional groups attached to an aromatic ring is 1. The maximum absolute atomic E-state index is 11.7. The van der Waals surface area contributed by atoms with Gasteiger partial charge in [0.1, 0.15) is 11.6 Å². The summed E-state index contributed by atoms with van der Waals surface area (Å²) in [5.74, 6) is -0.0522. The maximum atomic E-state index is 11.7. The van der Waals surface area contributed by atoms with Crippen molar-refractivity contribution in [3.05, 3.63) is 29.8 Å². The zero-order chi connectivity index (χ0) is 9.84. The van der Waals surface area contributed by atoms with Crippen LogP contribution in [0.25, 0.3) is 0 Å². The molecule has 0 radical (unpaired) electrons. The van der Waals surface area contributed by atoms with Gasteiger partial charge in [-0.05, 0) is 24.3 Å². The number of amidine groups is 1. The highest BCUT2D eigenvalue weighted by atomic mass is 35.5. The van der Waals surface area contributed by atoms with Gasteiger partial charge in [-0.25, -0.2) is 0 Å². The van der Waals surface area contributed by atoms with E-state index in [-0.39, 0.29) is 24.0 Å². The minimum Gasteiger partial charge on any atom is -0.435 e. The van der Waals surface area contributed by atoms with Crippen LogP contribution < -0.4 is 10.5 Å². The summed E-state index contributed by atoms with van der Waals surface area (Å²) in [5.41, 5.74) is 5.63. The van der Waals surface area contributed by atoms with Crippen LogP contribution in [0.3, 0.4) is 0 Å². The van der Waals surface area contributed by atoms with Crippen molar-refractivity contribution in [2.45, 2.75) is 6.61 Å². The number of halogens is 3. The molecule has 0 aliphatic carbocycles. The number of hydrogen-bond donors (Lipinski definition) is 2. The van der Waals surface area contributed by atoms with Crippen molar-refractivity contribution in [1.29, 1.82) is 5.41 Å². The van der Waals surface area contributed by atoms with E-state index in [9.17, 15) is 8.78 Å². The van der Waals surface area contributed by atoms with E-state index in [0.717, 1.165) is 0 Å². The van der Waals surface area contributed by atoms with Gasteiger partial charge in [-0.15, -0.1) is 12.4 Å². The van der Waals surface area contributed by atoms with Crippen LogP contribution in [0.1, 0.15) is 5.56 Å². The maximum Gasteiger partial charge on any atom is 0.387 e. The summed E-state index contributed by atoms with van der Waals surface area (Å²) in [6.45, 7) is -2.83. The molecule has 0 unspecified atom stereocenters. The highest BCUT2D eigenvalue weighted by molar-refractivity contribution is 5.94. The van der Waals surface area contributed by atoms with Crippen LogP contribution in [-0.4, -0.2) is 12.4 Å². The second-order valence-corrected chi connectivity index (χ2v) is 2.32. The van der Waals surface area contributed by atoms with Crippen LogP contribution in [0.2, 0.25) is 0 Å². The van der Waals surface area contributed by atoms with E-state index in [1.54, 1.807) is 0 Å². The van der Waals surface area contributed by atoms with Crippen LogP contribution in [-0.2, 0) is 0 Å². The molecule has 78 valence electrons. The van der Waals surface area contributed by atoms with Crippen molar-refractivity contribution in [2.75, 3.05) is 0 Å². The normalized spacial score (nSPS) is 9.36. The molecule has 0 atom stereocenters. The van der Waals surface area contributed by atoms with Crippen LogP contribution in [0, 0.1) is 5.41 Å². The second kappa shape index (κ2) is 5.39. The Hall–Kier alpha value is -1.36. The van der Waals surface area contributed by atoms with Gasteiger partial charge < -0.3 is 10.5 Å². The van der Waals surface area contributed by atoms with Gasteiger partial charge >= 0.3 is 6.61 Å². The lowest BCUT2D eigenvalue weighted by Gasteiger charge is -2.04. The van der Waals surface area contributed by atoms with Crippen molar-refractivity contribution < 1.29 is 13.5 Å². The Balaban J connectivity index is 0.00000169. The Bertz CT molecular complexity index is 303. The third-order valence-corrected chi connectivity index (χ3v) is 1.39. The van der Waals surface area contributed by atoms with Gasteiger partial charge in [-0.3, -0.25) is 5.41 Å². The van der Waals surface area contributed by atoms with E-state index >= 15 is 0 Å². The Labute approximate surface area is 85.8 Å². The number of rotatable bonds is 3. The van der Waals surface area contributed by atoms with E-state index in [1.165, 1.54) is 24.3 Å². The first-order valence-corrected chi connectivity index (χ1v) is 3.49. The Morgan fingerprint density at radius 3 is 2.14 bits per heavy atom. The average Bonchev–Trinajstić information content (AvgIpc) is 2.04. The lowest BCUT2D eigenvalue weighted by atomic mass is 10.2. The summed E-state index contributed by atoms with van der Waals surface area (Å²) >= 11 is 0. The zero-order valence-corrected chi connectivity index (χ0v) is 7.85. The number of alkyl halides is 2. The lowest BCUT2D eigenvalue weighted by Crippen LogP contribution is -2.10. The molecule has 1 rings (SSSR count). The molecule has 0 heterocycles. The molecule has 0 fully saturated rings. The van der Waals surface area contributed by atoms with E-state index in [0.29, 0.717) is 5.56 Å². The minimum absolute atomic E-state index is 0. The van der Waals surface area contributed by atoms with Crippen molar-refractivity contribution in [1.82, 2.24) is 0 Å². The molecule has 0 aliphatic heterocycles. The Kier molecular flexibility index (Phi) is 4.86. The number of hydrogen-bond acceptors (Lipinski definition) is 2. The highest BCUT2D eigenvalue weighted by Crippen LogP contribution is 2.14. The van der Waals surface area contributed by atoms with E-state index in [4.69, 9.17) is 11.1 Å². The first-order chi connectivity index (χ1) is 6.09. The number of nitrogens with two attached hydrogens (primary N) is 1. The number of ether oxygens (including phenoxy) is 1. The Morgan fingerprint density at radius 2 is 1.79 bits per heavy atom. The molecule has 6 heteroatoms. The summed E-state index contributed by atoms with van der Waals surface area (Å²) in [6.07, 6.45) is 0. The fraction of sp³-hybridized carbons (Fsp3) is 0.125. The second-order valence-electron chi connectivity index (χ2n) is 2.32. The summed E-state index contributed by atoms with van der Waals surface area (Å²) in [6, 6.07) is 5.56. The predicted molar refractivity (Wildman–Crippen MR) is 51.3 cm³/mol. The molecule has 0 spiro atoms. The van der Waals surface area contributed by atoms with E-state index in [2.05, 4.69) is 4.74 Å². The van der Waals surface area contributed by atoms with Crippen LogP contribution >= 0.6 is 12.4 Å². The average molecular weight is 223 g/mol. The SMILES string of the molecule is Cl.N=C(N)c1ccc(OC(F)F)cc1. The fourth-order valence-corrected chi connectivity index (χ4v) is 0.816. The van der Waals surface area contributed by atoms with Crippen molar-refractivity contribution in [2.24, 2.45) is 5.73 Å². The molecule has 0 bridgehead atoms. The van der Waals surface area contributed by atoms with Gasteiger partial charge in [-0.2, -0.15) is 8.78 Å². The van der Waals surface area contributed by atoms with Gasteiger partial charge in [0.25, 0.3) is 0 Å². The smallest absolute Gasteiger partial charge is 0.387 e. The molecule has 1 aromatic rings. The molecule has 0 saturated carbocycles. The third kappa shape index (κ3) is 3.57. The zero-order valence-electron chi connectivity index (χ0n) is 7.04. The van der Waals surface area contributed by atoms with E-state index in [1.807, 2.05) is 0 Å². The molecule has 1 aromatic carbocycles. The van der Waals surface area contributed by atoms with Gasteiger partial charge in [-0.1, -0.05) is 0 Å². The van der Waals surface area contributed by atoms with Crippen LogP contribution in [0.5, 0.6) is 5.75 Å². The van der Waals surface area contributed by atoms with Crippen molar-refractivity contribution >= 4 is 18.2 Å². The number of benzene rings is 1. The first-order valence-electron chi connectivity index (χ1n) is 3.49. The van der Waals surface area contributed by atoms with Gasteiger partial charge in [0.2, 0.25) is 0 Å². The first kappa shape index (κ1) is 12.6. The van der Waals surface area contributed by atoms with Gasteiger partial charge in [0, 0.05) is 5.56 Å². The predicted octanol–water partition coefficient (Wildman–Crippen LogP) is 1.99. The standard InChI is InChI=1S/C8H8F2N2O.ClH/c9-8(10)13-6-3-1-5(2-4-6)7(11)12;/h1-4,8H,(H3,11,12);1H. The molecule has 3 N–H and O–H groups in total. The van der Waals surface area contributed by atoms with Gasteiger partial charge in [0.15, 0.2) is 0 Å². The summed E-state index contributed by atoms with van der Waals surface area (Å²) in [4.78, 5) is 0. The fourth-order valence-electron chi connectivity index (χ4n) is 0.816. The van der Waals surface area contributed by atoms with Crippen LogP contribution in [0.4, 0.5) is 8.78 Å². The molecule has 0 saturated heterocycles. The molecule has 0 aliphatic rings. The molecule has 14 heavy (non-hydrogen) atoms. The summed E-state index contributed by atoms with van der Waals surface area (Å²) < 4.78 is 27.5. The molecular formula is C8H9ClF2N2O. The molecular weight excluding hydrogens is 214 g/mol.